The number of fused-ring (bicyclic) bond motifs is 3. The van der Waals surface area contributed by atoms with Crippen LogP contribution in [0.4, 0.5) is 5.69 Å². The fourth-order valence-electron chi connectivity index (χ4n) is 1.87. The third-order valence-electron chi connectivity index (χ3n) is 2.58. The Balaban J connectivity index is 2.42. The van der Waals surface area contributed by atoms with Gasteiger partial charge < -0.3 is 0 Å². The van der Waals surface area contributed by atoms with Crippen molar-refractivity contribution in [2.75, 3.05) is 4.72 Å². The number of hydrogen-bond acceptors (Lipinski definition) is 2. The third kappa shape index (κ3) is 1.23. The average Bonchev–Trinajstić information content (AvgIpc) is 2.29. The number of benzene rings is 2. The molecule has 4 heteroatoms. The fourth-order valence-corrected chi connectivity index (χ4v) is 3.13. The molecular weight excluding hydrogens is 222 g/mol. The number of nitrogens with one attached hydrogen (secondary N) is 1. The first-order valence-electron chi connectivity index (χ1n) is 4.81. The number of rotatable bonds is 0. The smallest absolute Gasteiger partial charge is 0.262 e. The van der Waals surface area contributed by atoms with E-state index >= 15 is 0 Å². The van der Waals surface area contributed by atoms with Crippen molar-refractivity contribution >= 4 is 15.7 Å². The molecule has 0 aromatic heterocycles. The highest BCUT2D eigenvalue weighted by Gasteiger charge is 2.26. The predicted octanol–water partition coefficient (Wildman–Crippen LogP) is 2.27. The molecule has 0 unspecified atom stereocenters. The fraction of sp³-hybridized carbons (Fsp3) is 0. The zero-order valence-electron chi connectivity index (χ0n) is 8.27. The minimum Gasteiger partial charge on any atom is -0.279 e. The van der Waals surface area contributed by atoms with Crippen molar-refractivity contribution < 1.29 is 8.42 Å². The summed E-state index contributed by atoms with van der Waals surface area (Å²) in [5, 5.41) is 0. The minimum absolute atomic E-state index is 0.286. The lowest BCUT2D eigenvalue weighted by Crippen LogP contribution is -2.18. The molecule has 3 nitrogen and oxygen atoms in total. The van der Waals surface area contributed by atoms with Crippen LogP contribution in [0.2, 0.25) is 0 Å². The highest BCUT2D eigenvalue weighted by Crippen LogP contribution is 2.38. The number of hydrogen-bond donors (Lipinski definition) is 1. The molecule has 0 atom stereocenters. The van der Waals surface area contributed by atoms with Crippen LogP contribution in [0.5, 0.6) is 0 Å². The van der Waals surface area contributed by atoms with Gasteiger partial charge in [-0.2, -0.15) is 0 Å². The Labute approximate surface area is 93.8 Å². The molecule has 79 valence electrons. The summed E-state index contributed by atoms with van der Waals surface area (Å²) in [6, 6.07) is 15.1. The Bertz CT molecular complexity index is 662. The van der Waals surface area contributed by atoms with Crippen LogP contribution in [0.1, 0.15) is 0 Å². The number of para-hydroxylation sites is 1. The van der Waals surface area contributed by atoms with E-state index < -0.39 is 10.0 Å². The molecular formula is C12H8NO2S. The van der Waals surface area contributed by atoms with Crippen molar-refractivity contribution in [3.63, 3.8) is 0 Å². The maximum atomic E-state index is 11.9. The van der Waals surface area contributed by atoms with Gasteiger partial charge in [0.05, 0.1) is 10.6 Å². The van der Waals surface area contributed by atoms with E-state index in [0.717, 1.165) is 11.1 Å². The largest absolute Gasteiger partial charge is 0.279 e. The van der Waals surface area contributed by atoms with Crippen LogP contribution in [-0.4, -0.2) is 8.42 Å². The van der Waals surface area contributed by atoms with Gasteiger partial charge in [-0.3, -0.25) is 4.72 Å². The second kappa shape index (κ2) is 3.09. The van der Waals surface area contributed by atoms with Crippen LogP contribution in [0.3, 0.4) is 0 Å². The van der Waals surface area contributed by atoms with Crippen molar-refractivity contribution in [2.45, 2.75) is 4.90 Å². The Morgan fingerprint density at radius 3 is 2.75 bits per heavy atom. The molecule has 0 amide bonds. The molecule has 1 heterocycles. The lowest BCUT2D eigenvalue weighted by atomic mass is 10.0. The van der Waals surface area contributed by atoms with Crippen molar-refractivity contribution in [1.29, 1.82) is 0 Å². The van der Waals surface area contributed by atoms with E-state index in [-0.39, 0.29) is 4.90 Å². The van der Waals surface area contributed by atoms with Crippen molar-refractivity contribution in [1.82, 2.24) is 0 Å². The zero-order chi connectivity index (χ0) is 11.2. The first-order valence-corrected chi connectivity index (χ1v) is 6.29. The molecule has 0 saturated heterocycles. The third-order valence-corrected chi connectivity index (χ3v) is 3.98. The Morgan fingerprint density at radius 2 is 1.88 bits per heavy atom. The molecule has 2 aromatic rings. The van der Waals surface area contributed by atoms with Gasteiger partial charge in [-0.25, -0.2) is 8.42 Å². The highest BCUT2D eigenvalue weighted by atomic mass is 32.2. The van der Waals surface area contributed by atoms with E-state index in [1.54, 1.807) is 24.3 Å². The summed E-state index contributed by atoms with van der Waals surface area (Å²) >= 11 is 0. The molecule has 0 aliphatic carbocycles. The van der Waals surface area contributed by atoms with Crippen LogP contribution in [0, 0.1) is 6.07 Å². The van der Waals surface area contributed by atoms with E-state index in [0.29, 0.717) is 5.69 Å². The molecule has 2 aromatic carbocycles. The molecule has 0 spiro atoms. The summed E-state index contributed by atoms with van der Waals surface area (Å²) in [6.45, 7) is 0. The van der Waals surface area contributed by atoms with Crippen molar-refractivity contribution in [2.24, 2.45) is 0 Å². The molecule has 1 aliphatic rings. The zero-order valence-corrected chi connectivity index (χ0v) is 9.08. The lowest BCUT2D eigenvalue weighted by Gasteiger charge is -2.20. The SMILES string of the molecule is O=S1(=O)Nc2ccccc2-c2cc[c]cc21. The monoisotopic (exact) mass is 230 g/mol. The van der Waals surface area contributed by atoms with Gasteiger partial charge in [-0.1, -0.05) is 30.3 Å². The molecule has 0 bridgehead atoms. The minimum atomic E-state index is -3.44. The van der Waals surface area contributed by atoms with E-state index in [9.17, 15) is 8.42 Å². The summed E-state index contributed by atoms with van der Waals surface area (Å²) < 4.78 is 26.4. The van der Waals surface area contributed by atoms with E-state index in [1.807, 2.05) is 12.1 Å². The summed E-state index contributed by atoms with van der Waals surface area (Å²) in [6.07, 6.45) is 0. The maximum absolute atomic E-state index is 11.9. The maximum Gasteiger partial charge on any atom is 0.262 e. The van der Waals surface area contributed by atoms with Gasteiger partial charge in [0.15, 0.2) is 0 Å². The van der Waals surface area contributed by atoms with Gasteiger partial charge in [0, 0.05) is 11.1 Å². The average molecular weight is 230 g/mol. The first-order chi connectivity index (χ1) is 7.68. The summed E-state index contributed by atoms with van der Waals surface area (Å²) in [5.41, 5.74) is 2.26. The van der Waals surface area contributed by atoms with Crippen LogP contribution >= 0.6 is 0 Å². The number of anilines is 1. The van der Waals surface area contributed by atoms with E-state index in [1.165, 1.54) is 6.07 Å². The second-order valence-corrected chi connectivity index (χ2v) is 5.22. The molecule has 1 radical (unpaired) electrons. The molecule has 0 saturated carbocycles. The Kier molecular flexibility index (Phi) is 1.82. The Hall–Kier alpha value is -1.81. The standard InChI is InChI=1S/C12H8NO2S/c14-16(15)12-8-4-2-6-10(12)9-5-1-3-7-11(9)13-16/h1-3,5-8,13H. The van der Waals surface area contributed by atoms with E-state index in [4.69, 9.17) is 0 Å². The van der Waals surface area contributed by atoms with Crippen LogP contribution in [0.25, 0.3) is 11.1 Å². The van der Waals surface area contributed by atoms with Gasteiger partial charge in [0.25, 0.3) is 10.0 Å². The highest BCUT2D eigenvalue weighted by molar-refractivity contribution is 7.93. The lowest BCUT2D eigenvalue weighted by molar-refractivity contribution is 0.601. The molecule has 3 rings (SSSR count). The quantitative estimate of drug-likeness (QED) is 0.754. The summed E-state index contributed by atoms with van der Waals surface area (Å²) in [7, 11) is -3.44. The molecule has 0 fully saturated rings. The topological polar surface area (TPSA) is 46.2 Å². The van der Waals surface area contributed by atoms with Gasteiger partial charge in [-0.15, -0.1) is 0 Å². The van der Waals surface area contributed by atoms with Gasteiger partial charge in [0.1, 0.15) is 0 Å². The summed E-state index contributed by atoms with van der Waals surface area (Å²) in [5.74, 6) is 0. The van der Waals surface area contributed by atoms with Crippen molar-refractivity contribution in [3.05, 3.63) is 48.5 Å². The van der Waals surface area contributed by atoms with Crippen LogP contribution in [-0.2, 0) is 10.0 Å². The summed E-state index contributed by atoms with van der Waals surface area (Å²) in [4.78, 5) is 0.286. The van der Waals surface area contributed by atoms with E-state index in [2.05, 4.69) is 10.8 Å². The van der Waals surface area contributed by atoms with Gasteiger partial charge in [0.2, 0.25) is 0 Å². The molecule has 16 heavy (non-hydrogen) atoms. The van der Waals surface area contributed by atoms with Crippen LogP contribution < -0.4 is 4.72 Å². The molecule has 1 N–H and O–H groups in total. The predicted molar refractivity (Wildman–Crippen MR) is 61.5 cm³/mol. The van der Waals surface area contributed by atoms with Crippen LogP contribution in [0.15, 0.2) is 47.4 Å². The van der Waals surface area contributed by atoms with Gasteiger partial charge in [-0.05, 0) is 18.2 Å². The Morgan fingerprint density at radius 1 is 1.06 bits per heavy atom. The molecule has 1 aliphatic heterocycles. The normalized spacial score (nSPS) is 15.8. The number of sulfonamides is 1. The first kappa shape index (κ1) is 9.42. The second-order valence-electron chi connectivity index (χ2n) is 3.57. The van der Waals surface area contributed by atoms with Crippen molar-refractivity contribution in [3.8, 4) is 11.1 Å². The van der Waals surface area contributed by atoms with Gasteiger partial charge >= 0.3 is 0 Å².